The molecule has 142 valence electrons. The summed E-state index contributed by atoms with van der Waals surface area (Å²) in [5.74, 6) is 0.604. The lowest BCUT2D eigenvalue weighted by molar-refractivity contribution is 0.390. The quantitative estimate of drug-likeness (QED) is 0.530. The van der Waals surface area contributed by atoms with Crippen LogP contribution in [0, 0.1) is 5.82 Å². The first-order valence-corrected chi connectivity index (χ1v) is 8.62. The molecule has 0 aliphatic carbocycles. The molecule has 0 saturated carbocycles. The zero-order chi connectivity index (χ0) is 19.5. The lowest BCUT2D eigenvalue weighted by Crippen LogP contribution is -2.11. The number of nitrogens with two attached hydrogens (primary N) is 1. The summed E-state index contributed by atoms with van der Waals surface area (Å²) in [6.07, 6.45) is 1.73. The highest BCUT2D eigenvalue weighted by Crippen LogP contribution is 2.23. The standard InChI is InChI=1S/C19H18FN7O/c1-28-18-17(22-10-12-4-2-6-14(20)8-12)24-19(26-25-18)27-16-7-3-5-13(9-21)15(16)11-23-27/h2-8,11H,9-10,21H2,1H3,(H,22,24,26). The number of benzene rings is 2. The fraction of sp³-hybridized carbons (Fsp3) is 0.158. The Kier molecular flexibility index (Phi) is 4.81. The first-order chi connectivity index (χ1) is 13.7. The minimum atomic E-state index is -0.300. The molecule has 0 unspecified atom stereocenters. The van der Waals surface area contributed by atoms with Gasteiger partial charge >= 0.3 is 0 Å². The molecule has 28 heavy (non-hydrogen) atoms. The van der Waals surface area contributed by atoms with Crippen LogP contribution in [0.4, 0.5) is 10.2 Å². The summed E-state index contributed by atoms with van der Waals surface area (Å²) in [6, 6.07) is 12.1. The third-order valence-electron chi connectivity index (χ3n) is 4.30. The van der Waals surface area contributed by atoms with Gasteiger partial charge in [0.1, 0.15) is 5.82 Å². The molecule has 0 aliphatic rings. The minimum Gasteiger partial charge on any atom is -0.477 e. The summed E-state index contributed by atoms with van der Waals surface area (Å²) < 4.78 is 20.2. The smallest absolute Gasteiger partial charge is 0.276 e. The van der Waals surface area contributed by atoms with Crippen molar-refractivity contribution in [3.63, 3.8) is 0 Å². The Labute approximate surface area is 160 Å². The third kappa shape index (κ3) is 3.35. The van der Waals surface area contributed by atoms with Gasteiger partial charge in [0.15, 0.2) is 5.82 Å². The molecule has 4 aromatic rings. The largest absolute Gasteiger partial charge is 0.477 e. The van der Waals surface area contributed by atoms with Crippen LogP contribution in [0.15, 0.2) is 48.7 Å². The summed E-state index contributed by atoms with van der Waals surface area (Å²) in [5, 5.41) is 16.6. The normalized spacial score (nSPS) is 11.0. The van der Waals surface area contributed by atoms with Crippen LogP contribution in [0.2, 0.25) is 0 Å². The number of aromatic nitrogens is 5. The van der Waals surface area contributed by atoms with Gasteiger partial charge < -0.3 is 15.8 Å². The third-order valence-corrected chi connectivity index (χ3v) is 4.30. The van der Waals surface area contributed by atoms with Crippen LogP contribution < -0.4 is 15.8 Å². The lowest BCUT2D eigenvalue weighted by Gasteiger charge is -2.10. The Morgan fingerprint density at radius 1 is 1.18 bits per heavy atom. The zero-order valence-electron chi connectivity index (χ0n) is 15.1. The van der Waals surface area contributed by atoms with Crippen molar-refractivity contribution in [1.29, 1.82) is 0 Å². The fourth-order valence-corrected chi connectivity index (χ4v) is 2.93. The van der Waals surface area contributed by atoms with Gasteiger partial charge in [-0.15, -0.1) is 10.2 Å². The molecule has 0 amide bonds. The SMILES string of the molecule is COc1nnc(-n2ncc3c(CN)cccc32)nc1NCc1cccc(F)c1. The summed E-state index contributed by atoms with van der Waals surface area (Å²) in [5.41, 5.74) is 8.37. The van der Waals surface area contributed by atoms with E-state index in [2.05, 4.69) is 25.6 Å². The van der Waals surface area contributed by atoms with Crippen molar-refractivity contribution in [3.8, 4) is 11.8 Å². The Morgan fingerprint density at radius 3 is 2.82 bits per heavy atom. The van der Waals surface area contributed by atoms with Crippen LogP contribution in [-0.4, -0.2) is 32.1 Å². The topological polar surface area (TPSA) is 104 Å². The Bertz CT molecular complexity index is 1130. The fourth-order valence-electron chi connectivity index (χ4n) is 2.93. The predicted molar refractivity (Wildman–Crippen MR) is 103 cm³/mol. The maximum Gasteiger partial charge on any atom is 0.276 e. The second-order valence-electron chi connectivity index (χ2n) is 6.06. The second kappa shape index (κ2) is 7.57. The molecule has 0 atom stereocenters. The van der Waals surface area contributed by atoms with E-state index in [0.29, 0.717) is 18.9 Å². The maximum absolute atomic E-state index is 13.4. The van der Waals surface area contributed by atoms with E-state index >= 15 is 0 Å². The molecule has 0 bridgehead atoms. The number of ether oxygens (including phenoxy) is 1. The van der Waals surface area contributed by atoms with Gasteiger partial charge in [-0.3, -0.25) is 0 Å². The van der Waals surface area contributed by atoms with E-state index in [1.807, 2.05) is 24.3 Å². The number of nitrogens with one attached hydrogen (secondary N) is 1. The number of hydrogen-bond donors (Lipinski definition) is 2. The first-order valence-electron chi connectivity index (χ1n) is 8.62. The molecular formula is C19H18FN7O. The number of halogens is 1. The van der Waals surface area contributed by atoms with Crippen molar-refractivity contribution in [3.05, 3.63) is 65.6 Å². The number of rotatable bonds is 6. The molecule has 2 aromatic carbocycles. The summed E-state index contributed by atoms with van der Waals surface area (Å²) in [6.45, 7) is 0.759. The predicted octanol–water partition coefficient (Wildman–Crippen LogP) is 2.43. The molecule has 2 aromatic heterocycles. The summed E-state index contributed by atoms with van der Waals surface area (Å²) in [7, 11) is 1.48. The Balaban J connectivity index is 1.69. The minimum absolute atomic E-state index is 0.235. The van der Waals surface area contributed by atoms with Crippen LogP contribution in [0.1, 0.15) is 11.1 Å². The molecule has 3 N–H and O–H groups in total. The van der Waals surface area contributed by atoms with Crippen LogP contribution in [0.3, 0.4) is 0 Å². The summed E-state index contributed by atoms with van der Waals surface area (Å²) in [4.78, 5) is 4.49. The number of anilines is 1. The Morgan fingerprint density at radius 2 is 2.04 bits per heavy atom. The van der Waals surface area contributed by atoms with Gasteiger partial charge in [0.25, 0.3) is 11.8 Å². The van der Waals surface area contributed by atoms with E-state index in [1.165, 1.54) is 19.2 Å². The van der Waals surface area contributed by atoms with Gasteiger partial charge in [-0.2, -0.15) is 14.8 Å². The van der Waals surface area contributed by atoms with Crippen molar-refractivity contribution in [2.75, 3.05) is 12.4 Å². The average molecular weight is 379 g/mol. The van der Waals surface area contributed by atoms with Crippen molar-refractivity contribution < 1.29 is 9.13 Å². The van der Waals surface area contributed by atoms with Crippen molar-refractivity contribution in [2.45, 2.75) is 13.1 Å². The molecule has 0 spiro atoms. The molecule has 0 saturated heterocycles. The van der Waals surface area contributed by atoms with E-state index in [4.69, 9.17) is 10.5 Å². The lowest BCUT2D eigenvalue weighted by atomic mass is 10.1. The van der Waals surface area contributed by atoms with E-state index < -0.39 is 0 Å². The molecule has 0 radical (unpaired) electrons. The molecule has 8 nitrogen and oxygen atoms in total. The van der Waals surface area contributed by atoms with Gasteiger partial charge in [-0.05, 0) is 29.3 Å². The van der Waals surface area contributed by atoms with Crippen molar-refractivity contribution in [1.82, 2.24) is 25.0 Å². The van der Waals surface area contributed by atoms with Crippen LogP contribution in [-0.2, 0) is 13.1 Å². The highest BCUT2D eigenvalue weighted by molar-refractivity contribution is 5.83. The number of methoxy groups -OCH3 is 1. The molecule has 0 fully saturated rings. The van der Waals surface area contributed by atoms with Gasteiger partial charge in [-0.25, -0.2) is 4.39 Å². The number of hydrogen-bond acceptors (Lipinski definition) is 7. The van der Waals surface area contributed by atoms with E-state index in [1.54, 1.807) is 16.9 Å². The molecule has 4 rings (SSSR count). The average Bonchev–Trinajstić information content (AvgIpc) is 3.16. The first kappa shape index (κ1) is 17.8. The number of fused-ring (bicyclic) bond motifs is 1. The highest BCUT2D eigenvalue weighted by atomic mass is 19.1. The van der Waals surface area contributed by atoms with Gasteiger partial charge in [0.05, 0.1) is 18.8 Å². The van der Waals surface area contributed by atoms with Crippen LogP contribution >= 0.6 is 0 Å². The van der Waals surface area contributed by atoms with E-state index in [0.717, 1.165) is 22.0 Å². The van der Waals surface area contributed by atoms with Crippen molar-refractivity contribution in [2.24, 2.45) is 5.73 Å². The monoisotopic (exact) mass is 379 g/mol. The van der Waals surface area contributed by atoms with Gasteiger partial charge in [0.2, 0.25) is 0 Å². The highest BCUT2D eigenvalue weighted by Gasteiger charge is 2.14. The molecule has 9 heteroatoms. The van der Waals surface area contributed by atoms with Crippen LogP contribution in [0.5, 0.6) is 5.88 Å². The Hall–Kier alpha value is -3.59. The maximum atomic E-state index is 13.4. The molecular weight excluding hydrogens is 361 g/mol. The van der Waals surface area contributed by atoms with E-state index in [-0.39, 0.29) is 17.6 Å². The van der Waals surface area contributed by atoms with Gasteiger partial charge in [-0.1, -0.05) is 24.3 Å². The zero-order valence-corrected chi connectivity index (χ0v) is 15.1. The van der Waals surface area contributed by atoms with Crippen LogP contribution in [0.25, 0.3) is 16.9 Å². The van der Waals surface area contributed by atoms with Gasteiger partial charge in [0, 0.05) is 18.5 Å². The molecule has 0 aliphatic heterocycles. The van der Waals surface area contributed by atoms with Crippen molar-refractivity contribution >= 4 is 16.7 Å². The summed E-state index contributed by atoms with van der Waals surface area (Å²) >= 11 is 0. The second-order valence-corrected chi connectivity index (χ2v) is 6.06. The number of nitrogens with zero attached hydrogens (tertiary/aromatic N) is 5. The molecule has 2 heterocycles. The van der Waals surface area contributed by atoms with E-state index in [9.17, 15) is 4.39 Å².